The Bertz CT molecular complexity index is 829. The molecule has 8 nitrogen and oxygen atoms in total. The Labute approximate surface area is 145 Å². The van der Waals surface area contributed by atoms with Crippen LogP contribution in [0.5, 0.6) is 0 Å². The fraction of sp³-hybridized carbons (Fsp3) is 0.250. The third kappa shape index (κ3) is 5.44. The molecular formula is C16H19N3O5S. The highest BCUT2D eigenvalue weighted by atomic mass is 32.2. The van der Waals surface area contributed by atoms with E-state index in [2.05, 4.69) is 15.4 Å². The number of hydrogen-bond donors (Lipinski definition) is 3. The monoisotopic (exact) mass is 365 g/mol. The van der Waals surface area contributed by atoms with E-state index in [1.54, 1.807) is 12.1 Å². The number of carbonyl (C=O) groups excluding carboxylic acids is 2. The maximum absolute atomic E-state index is 12.3. The Kier molecular flexibility index (Phi) is 5.94. The lowest BCUT2D eigenvalue weighted by Crippen LogP contribution is -2.44. The summed E-state index contributed by atoms with van der Waals surface area (Å²) in [5, 5.41) is 5.13. The number of furan rings is 1. The summed E-state index contributed by atoms with van der Waals surface area (Å²) in [6.45, 7) is 2.97. The summed E-state index contributed by atoms with van der Waals surface area (Å²) in [5.41, 5.74) is 0.482. The van der Waals surface area contributed by atoms with Crippen molar-refractivity contribution in [2.75, 3.05) is 5.32 Å². The van der Waals surface area contributed by atoms with Gasteiger partial charge in [-0.05, 0) is 43.3 Å². The molecule has 0 spiro atoms. The molecule has 0 aliphatic carbocycles. The van der Waals surface area contributed by atoms with Crippen molar-refractivity contribution in [3.8, 4) is 0 Å². The minimum Gasteiger partial charge on any atom is -0.467 e. The van der Waals surface area contributed by atoms with Crippen LogP contribution in [0.2, 0.25) is 0 Å². The predicted molar refractivity (Wildman–Crippen MR) is 91.1 cm³/mol. The summed E-state index contributed by atoms with van der Waals surface area (Å²) in [7, 11) is -3.87. The molecule has 1 aromatic carbocycles. The number of hydrogen-bond acceptors (Lipinski definition) is 5. The Balaban J connectivity index is 1.96. The van der Waals surface area contributed by atoms with E-state index in [9.17, 15) is 18.0 Å². The van der Waals surface area contributed by atoms with Crippen LogP contribution in [0.25, 0.3) is 0 Å². The van der Waals surface area contributed by atoms with Crippen molar-refractivity contribution in [1.29, 1.82) is 0 Å². The summed E-state index contributed by atoms with van der Waals surface area (Å²) < 4.78 is 32.0. The van der Waals surface area contributed by atoms with E-state index in [0.717, 1.165) is 0 Å². The van der Waals surface area contributed by atoms with E-state index in [1.807, 2.05) is 0 Å². The van der Waals surface area contributed by atoms with E-state index in [1.165, 1.54) is 44.4 Å². The van der Waals surface area contributed by atoms with Crippen LogP contribution < -0.4 is 15.4 Å². The fourth-order valence-electron chi connectivity index (χ4n) is 2.02. The number of benzene rings is 1. The third-order valence-electron chi connectivity index (χ3n) is 3.23. The second kappa shape index (κ2) is 7.95. The molecule has 134 valence electrons. The van der Waals surface area contributed by atoms with E-state index < -0.39 is 22.0 Å². The van der Waals surface area contributed by atoms with Gasteiger partial charge in [0, 0.05) is 12.6 Å². The zero-order valence-corrected chi connectivity index (χ0v) is 14.6. The van der Waals surface area contributed by atoms with Gasteiger partial charge in [-0.15, -0.1) is 0 Å². The third-order valence-corrected chi connectivity index (χ3v) is 4.78. The molecule has 0 fully saturated rings. The van der Waals surface area contributed by atoms with Crippen molar-refractivity contribution < 1.29 is 22.4 Å². The number of carbonyl (C=O) groups is 2. The van der Waals surface area contributed by atoms with Crippen LogP contribution in [0.3, 0.4) is 0 Å². The lowest BCUT2D eigenvalue weighted by Gasteiger charge is -2.14. The Morgan fingerprint density at radius 3 is 2.40 bits per heavy atom. The Morgan fingerprint density at radius 1 is 1.16 bits per heavy atom. The Hall–Kier alpha value is -2.65. The molecule has 0 radical (unpaired) electrons. The average molecular weight is 365 g/mol. The zero-order valence-electron chi connectivity index (χ0n) is 13.8. The van der Waals surface area contributed by atoms with Gasteiger partial charge in [-0.25, -0.2) is 8.42 Å². The van der Waals surface area contributed by atoms with Crippen molar-refractivity contribution in [2.45, 2.75) is 31.3 Å². The van der Waals surface area contributed by atoms with Gasteiger partial charge >= 0.3 is 0 Å². The molecule has 0 aliphatic heterocycles. The van der Waals surface area contributed by atoms with Gasteiger partial charge in [-0.2, -0.15) is 4.72 Å². The number of sulfonamides is 1. The molecule has 0 bridgehead atoms. The second-order valence-electron chi connectivity index (χ2n) is 5.35. The first-order valence-electron chi connectivity index (χ1n) is 7.48. The number of amides is 2. The highest BCUT2D eigenvalue weighted by molar-refractivity contribution is 7.89. The lowest BCUT2D eigenvalue weighted by atomic mass is 10.3. The zero-order chi connectivity index (χ0) is 18.4. The van der Waals surface area contributed by atoms with Gasteiger partial charge in [0.25, 0.3) is 0 Å². The smallest absolute Gasteiger partial charge is 0.241 e. The van der Waals surface area contributed by atoms with Gasteiger partial charge in [0.05, 0.1) is 23.7 Å². The molecule has 25 heavy (non-hydrogen) atoms. The molecule has 1 atom stereocenters. The van der Waals surface area contributed by atoms with Gasteiger partial charge in [0.2, 0.25) is 21.8 Å². The van der Waals surface area contributed by atoms with Crippen LogP contribution in [-0.4, -0.2) is 26.3 Å². The molecule has 0 saturated heterocycles. The minimum atomic E-state index is -3.87. The van der Waals surface area contributed by atoms with Crippen LogP contribution in [0.4, 0.5) is 5.69 Å². The van der Waals surface area contributed by atoms with Crippen molar-refractivity contribution in [3.05, 3.63) is 48.4 Å². The van der Waals surface area contributed by atoms with Crippen LogP contribution in [0, 0.1) is 0 Å². The van der Waals surface area contributed by atoms with Crippen LogP contribution in [0.1, 0.15) is 19.6 Å². The summed E-state index contributed by atoms with van der Waals surface area (Å²) in [5.74, 6) is -0.164. The SMILES string of the molecule is CC(=O)Nc1ccc(S(=O)(=O)N[C@@H](C)C(=O)NCc2ccco2)cc1. The molecule has 3 N–H and O–H groups in total. The quantitative estimate of drug-likeness (QED) is 0.682. The number of anilines is 1. The van der Waals surface area contributed by atoms with Gasteiger partial charge in [-0.3, -0.25) is 9.59 Å². The molecule has 0 unspecified atom stereocenters. The molecule has 0 saturated carbocycles. The summed E-state index contributed by atoms with van der Waals surface area (Å²) in [4.78, 5) is 23.0. The molecule has 9 heteroatoms. The molecule has 1 heterocycles. The molecule has 2 aromatic rings. The van der Waals surface area contributed by atoms with E-state index in [-0.39, 0.29) is 17.3 Å². The number of nitrogens with one attached hydrogen (secondary N) is 3. The van der Waals surface area contributed by atoms with Crippen LogP contribution in [0.15, 0.2) is 52.0 Å². The average Bonchev–Trinajstić information content (AvgIpc) is 3.05. The molecule has 1 aromatic heterocycles. The largest absolute Gasteiger partial charge is 0.467 e. The first-order valence-corrected chi connectivity index (χ1v) is 8.96. The molecule has 2 amide bonds. The maximum Gasteiger partial charge on any atom is 0.241 e. The first-order chi connectivity index (χ1) is 11.8. The second-order valence-corrected chi connectivity index (χ2v) is 7.06. The molecule has 0 aliphatic rings. The maximum atomic E-state index is 12.3. The summed E-state index contributed by atoms with van der Waals surface area (Å²) in [6, 6.07) is 8.07. The van der Waals surface area contributed by atoms with Crippen molar-refractivity contribution in [1.82, 2.24) is 10.0 Å². The standard InChI is InChI=1S/C16H19N3O5S/c1-11(16(21)17-10-14-4-3-9-24-14)19-25(22,23)15-7-5-13(6-8-15)18-12(2)20/h3-9,11,19H,10H2,1-2H3,(H,17,21)(H,18,20)/t11-/m0/s1. The topological polar surface area (TPSA) is 118 Å². The molecular weight excluding hydrogens is 346 g/mol. The van der Waals surface area contributed by atoms with Gasteiger partial charge in [0.1, 0.15) is 5.76 Å². The predicted octanol–water partition coefficient (Wildman–Crippen LogP) is 1.22. The van der Waals surface area contributed by atoms with E-state index in [0.29, 0.717) is 11.4 Å². The minimum absolute atomic E-state index is 0.00714. The lowest BCUT2D eigenvalue weighted by molar-refractivity contribution is -0.122. The van der Waals surface area contributed by atoms with Crippen molar-refractivity contribution in [2.24, 2.45) is 0 Å². The van der Waals surface area contributed by atoms with E-state index in [4.69, 9.17) is 4.42 Å². The van der Waals surface area contributed by atoms with Crippen molar-refractivity contribution in [3.63, 3.8) is 0 Å². The normalized spacial score (nSPS) is 12.4. The molecule has 2 rings (SSSR count). The number of rotatable bonds is 7. The highest BCUT2D eigenvalue weighted by Crippen LogP contribution is 2.14. The van der Waals surface area contributed by atoms with Crippen molar-refractivity contribution >= 4 is 27.5 Å². The van der Waals surface area contributed by atoms with Gasteiger partial charge in [-0.1, -0.05) is 0 Å². The van der Waals surface area contributed by atoms with Gasteiger partial charge < -0.3 is 15.1 Å². The fourth-order valence-corrected chi connectivity index (χ4v) is 3.22. The van der Waals surface area contributed by atoms with Crippen LogP contribution >= 0.6 is 0 Å². The highest BCUT2D eigenvalue weighted by Gasteiger charge is 2.22. The Morgan fingerprint density at radius 2 is 1.84 bits per heavy atom. The summed E-state index contributed by atoms with van der Waals surface area (Å²) in [6.07, 6.45) is 1.48. The first kappa shape index (κ1) is 18.7. The van der Waals surface area contributed by atoms with E-state index >= 15 is 0 Å². The summed E-state index contributed by atoms with van der Waals surface area (Å²) >= 11 is 0. The van der Waals surface area contributed by atoms with Gasteiger partial charge in [0.15, 0.2) is 0 Å². The van der Waals surface area contributed by atoms with Crippen LogP contribution in [-0.2, 0) is 26.2 Å².